The number of ether oxygens (including phenoxy) is 1. The fraction of sp³-hybridized carbons (Fsp3) is 0.615. The van der Waals surface area contributed by atoms with Gasteiger partial charge in [0.05, 0.1) is 17.7 Å². The number of alkyl halides is 1. The number of carbonyl (C=O) groups is 1. The first-order valence-electron chi connectivity index (χ1n) is 6.72. The second-order valence-electron chi connectivity index (χ2n) is 4.55. The zero-order chi connectivity index (χ0) is 14.9. The van der Waals surface area contributed by atoms with E-state index in [9.17, 15) is 4.79 Å². The Bertz CT molecular complexity index is 630. The van der Waals surface area contributed by atoms with E-state index in [1.165, 1.54) is 0 Å². The summed E-state index contributed by atoms with van der Waals surface area (Å²) in [6.07, 6.45) is 0. The molecular formula is C13H19ClN4O2. The summed E-state index contributed by atoms with van der Waals surface area (Å²) in [5.74, 6) is 0.365. The molecule has 110 valence electrons. The van der Waals surface area contributed by atoms with Gasteiger partial charge in [0, 0.05) is 6.54 Å². The van der Waals surface area contributed by atoms with Crippen LogP contribution < -0.4 is 0 Å². The Hall–Kier alpha value is -1.56. The van der Waals surface area contributed by atoms with Crippen LogP contribution in [0.1, 0.15) is 37.7 Å². The molecule has 0 N–H and O–H groups in total. The fourth-order valence-corrected chi connectivity index (χ4v) is 2.42. The lowest BCUT2D eigenvalue weighted by atomic mass is 10.4. The van der Waals surface area contributed by atoms with E-state index in [4.69, 9.17) is 16.3 Å². The molecule has 1 unspecified atom stereocenters. The molecule has 2 aromatic heterocycles. The Morgan fingerprint density at radius 2 is 2.15 bits per heavy atom. The zero-order valence-electron chi connectivity index (χ0n) is 12.2. The van der Waals surface area contributed by atoms with Crippen LogP contribution in [0.2, 0.25) is 0 Å². The molecule has 0 amide bonds. The van der Waals surface area contributed by atoms with Crippen LogP contribution in [0.5, 0.6) is 0 Å². The molecule has 0 aliphatic heterocycles. The third kappa shape index (κ3) is 2.52. The number of nitrogens with zero attached hydrogens (tertiary/aromatic N) is 4. The van der Waals surface area contributed by atoms with Crippen molar-refractivity contribution in [2.75, 3.05) is 6.61 Å². The predicted molar refractivity (Wildman–Crippen MR) is 76.8 cm³/mol. The minimum Gasteiger partial charge on any atom is -0.465 e. The first kappa shape index (κ1) is 14.8. The van der Waals surface area contributed by atoms with Gasteiger partial charge in [-0.15, -0.1) is 11.6 Å². The van der Waals surface area contributed by atoms with Crippen molar-refractivity contribution in [2.24, 2.45) is 0 Å². The number of esters is 1. The van der Waals surface area contributed by atoms with E-state index in [-0.39, 0.29) is 17.9 Å². The molecule has 0 aromatic carbocycles. The molecule has 2 rings (SSSR count). The number of hydrogen-bond donors (Lipinski definition) is 0. The maximum atomic E-state index is 11.8. The van der Waals surface area contributed by atoms with Gasteiger partial charge in [-0.05, 0) is 27.7 Å². The van der Waals surface area contributed by atoms with Gasteiger partial charge < -0.3 is 9.30 Å². The van der Waals surface area contributed by atoms with Crippen LogP contribution in [0.25, 0.3) is 11.2 Å². The van der Waals surface area contributed by atoms with Crippen molar-refractivity contribution < 1.29 is 9.53 Å². The van der Waals surface area contributed by atoms with Crippen LogP contribution in [-0.2, 0) is 22.6 Å². The number of aryl methyl sites for hydroxylation is 2. The molecule has 0 saturated carbocycles. The Kier molecular flexibility index (Phi) is 4.32. The molecule has 2 heterocycles. The highest BCUT2D eigenvalue weighted by Crippen LogP contribution is 2.26. The molecule has 6 nitrogen and oxygen atoms in total. The van der Waals surface area contributed by atoms with Gasteiger partial charge in [-0.25, -0.2) is 9.67 Å². The fourth-order valence-electron chi connectivity index (χ4n) is 2.26. The van der Waals surface area contributed by atoms with Crippen molar-refractivity contribution >= 4 is 28.7 Å². The summed E-state index contributed by atoms with van der Waals surface area (Å²) in [4.78, 5) is 16.3. The Morgan fingerprint density at radius 1 is 1.45 bits per heavy atom. The van der Waals surface area contributed by atoms with E-state index in [1.54, 1.807) is 11.5 Å². The van der Waals surface area contributed by atoms with Crippen LogP contribution >= 0.6 is 11.6 Å². The second-order valence-corrected chi connectivity index (χ2v) is 5.21. The quantitative estimate of drug-likeness (QED) is 0.628. The van der Waals surface area contributed by atoms with Gasteiger partial charge in [0.1, 0.15) is 17.9 Å². The second kappa shape index (κ2) is 5.83. The third-order valence-electron chi connectivity index (χ3n) is 3.08. The Morgan fingerprint density at radius 3 is 2.70 bits per heavy atom. The standard InChI is InChI=1S/C13H19ClN4O2/c1-5-18-13-11(9(4)16-18)15-12(8(3)14)17(13)7-10(19)20-6-2/h8H,5-7H2,1-4H3. The lowest BCUT2D eigenvalue weighted by Gasteiger charge is -2.10. The molecule has 0 bridgehead atoms. The van der Waals surface area contributed by atoms with Crippen molar-refractivity contribution in [1.29, 1.82) is 0 Å². The minimum absolute atomic E-state index is 0.0991. The summed E-state index contributed by atoms with van der Waals surface area (Å²) in [5.41, 5.74) is 2.45. The van der Waals surface area contributed by atoms with Crippen LogP contribution in [-0.4, -0.2) is 31.9 Å². The normalized spacial score (nSPS) is 12.8. The molecule has 0 radical (unpaired) electrons. The molecular weight excluding hydrogens is 280 g/mol. The van der Waals surface area contributed by atoms with Gasteiger partial charge in [-0.2, -0.15) is 5.10 Å². The SMILES string of the molecule is CCOC(=O)Cn1c(C(C)Cl)nc2c(C)nn(CC)c21. The molecule has 7 heteroatoms. The number of aromatic nitrogens is 4. The van der Waals surface area contributed by atoms with Crippen LogP contribution in [0.4, 0.5) is 0 Å². The number of imidazole rings is 1. The maximum Gasteiger partial charge on any atom is 0.326 e. The molecule has 0 spiro atoms. The molecule has 20 heavy (non-hydrogen) atoms. The molecule has 0 aliphatic rings. The van der Waals surface area contributed by atoms with E-state index in [0.717, 1.165) is 16.9 Å². The van der Waals surface area contributed by atoms with Crippen molar-refractivity contribution in [3.63, 3.8) is 0 Å². The number of carbonyl (C=O) groups excluding carboxylic acids is 1. The molecule has 0 saturated heterocycles. The minimum atomic E-state index is -0.299. The highest BCUT2D eigenvalue weighted by atomic mass is 35.5. The largest absolute Gasteiger partial charge is 0.465 e. The van der Waals surface area contributed by atoms with E-state index in [2.05, 4.69) is 10.1 Å². The Balaban J connectivity index is 2.57. The third-order valence-corrected chi connectivity index (χ3v) is 3.27. The van der Waals surface area contributed by atoms with Crippen molar-refractivity contribution in [2.45, 2.75) is 46.2 Å². The lowest BCUT2D eigenvalue weighted by Crippen LogP contribution is -2.17. The lowest BCUT2D eigenvalue weighted by molar-refractivity contribution is -0.143. The summed E-state index contributed by atoms with van der Waals surface area (Å²) in [7, 11) is 0. The summed E-state index contributed by atoms with van der Waals surface area (Å²) < 4.78 is 8.65. The number of hydrogen-bond acceptors (Lipinski definition) is 4. The van der Waals surface area contributed by atoms with E-state index >= 15 is 0 Å². The summed E-state index contributed by atoms with van der Waals surface area (Å²) in [6, 6.07) is 0. The highest BCUT2D eigenvalue weighted by molar-refractivity contribution is 6.20. The van der Waals surface area contributed by atoms with E-state index in [1.807, 2.05) is 25.5 Å². The van der Waals surface area contributed by atoms with Gasteiger partial charge in [-0.3, -0.25) is 4.79 Å². The van der Waals surface area contributed by atoms with Gasteiger partial charge >= 0.3 is 5.97 Å². The number of fused-ring (bicyclic) bond motifs is 1. The van der Waals surface area contributed by atoms with Gasteiger partial charge in [0.2, 0.25) is 0 Å². The first-order chi connectivity index (χ1) is 9.49. The van der Waals surface area contributed by atoms with Crippen molar-refractivity contribution in [3.05, 3.63) is 11.5 Å². The zero-order valence-corrected chi connectivity index (χ0v) is 12.9. The highest BCUT2D eigenvalue weighted by Gasteiger charge is 2.22. The average molecular weight is 299 g/mol. The average Bonchev–Trinajstić information content (AvgIpc) is 2.89. The monoisotopic (exact) mass is 298 g/mol. The molecule has 0 fully saturated rings. The number of halogens is 1. The van der Waals surface area contributed by atoms with Crippen LogP contribution in [0, 0.1) is 6.92 Å². The predicted octanol–water partition coefficient (Wildman–Crippen LogP) is 2.42. The smallest absolute Gasteiger partial charge is 0.326 e. The summed E-state index contributed by atoms with van der Waals surface area (Å²) in [5, 5.41) is 4.13. The number of rotatable bonds is 5. The maximum absolute atomic E-state index is 11.8. The molecule has 0 aliphatic carbocycles. The van der Waals surface area contributed by atoms with E-state index < -0.39 is 0 Å². The van der Waals surface area contributed by atoms with Crippen LogP contribution in [0.3, 0.4) is 0 Å². The van der Waals surface area contributed by atoms with Gasteiger partial charge in [0.15, 0.2) is 5.65 Å². The van der Waals surface area contributed by atoms with Gasteiger partial charge in [0.25, 0.3) is 0 Å². The topological polar surface area (TPSA) is 61.9 Å². The van der Waals surface area contributed by atoms with Crippen molar-refractivity contribution in [1.82, 2.24) is 19.3 Å². The molecule has 2 aromatic rings. The Labute approximate surface area is 122 Å². The van der Waals surface area contributed by atoms with E-state index in [0.29, 0.717) is 19.0 Å². The van der Waals surface area contributed by atoms with Crippen LogP contribution in [0.15, 0.2) is 0 Å². The van der Waals surface area contributed by atoms with Gasteiger partial charge in [-0.1, -0.05) is 0 Å². The van der Waals surface area contributed by atoms with Crippen molar-refractivity contribution in [3.8, 4) is 0 Å². The summed E-state index contributed by atoms with van der Waals surface area (Å²) >= 11 is 6.18. The first-order valence-corrected chi connectivity index (χ1v) is 7.16. The summed E-state index contributed by atoms with van der Waals surface area (Å²) in [6.45, 7) is 8.68. The molecule has 1 atom stereocenters.